The summed E-state index contributed by atoms with van der Waals surface area (Å²) in [5, 5.41) is 4.27. The smallest absolute Gasteiger partial charge is 0.0599 e. The molecule has 1 aliphatic carbocycles. The molecule has 2 heteroatoms. The summed E-state index contributed by atoms with van der Waals surface area (Å²) in [7, 11) is 0. The van der Waals surface area contributed by atoms with Crippen LogP contribution in [0.2, 0.25) is 0 Å². The maximum Gasteiger partial charge on any atom is 0.0599 e. The van der Waals surface area contributed by atoms with Crippen molar-refractivity contribution in [2.75, 3.05) is 0 Å². The van der Waals surface area contributed by atoms with Crippen molar-refractivity contribution in [2.24, 2.45) is 0 Å². The van der Waals surface area contributed by atoms with Crippen molar-refractivity contribution < 1.29 is 0 Å². The Bertz CT molecular complexity index is 232. The molecule has 0 bridgehead atoms. The second-order valence-electron chi connectivity index (χ2n) is 3.94. The van der Waals surface area contributed by atoms with Crippen LogP contribution in [0.5, 0.6) is 0 Å². The molecule has 1 radical (unpaired) electrons. The second kappa shape index (κ2) is 2.92. The summed E-state index contributed by atoms with van der Waals surface area (Å²) in [6.07, 6.45) is 10.3. The molecule has 0 N–H and O–H groups in total. The highest BCUT2D eigenvalue weighted by Crippen LogP contribution is 2.33. The van der Waals surface area contributed by atoms with Gasteiger partial charge in [0.25, 0.3) is 0 Å². The van der Waals surface area contributed by atoms with E-state index < -0.39 is 0 Å². The fraction of sp³-hybridized carbons (Fsp3) is 0.700. The summed E-state index contributed by atoms with van der Waals surface area (Å²) in [5.41, 5.74) is 0.276. The summed E-state index contributed by atoms with van der Waals surface area (Å²) in [6.45, 7) is 2.30. The Hall–Kier alpha value is -0.790. The minimum Gasteiger partial charge on any atom is -0.266 e. The molecule has 2 nitrogen and oxygen atoms in total. The lowest BCUT2D eigenvalue weighted by Crippen LogP contribution is -2.32. The average Bonchev–Trinajstić information content (AvgIpc) is 2.58. The van der Waals surface area contributed by atoms with Gasteiger partial charge in [-0.25, -0.2) is 0 Å². The van der Waals surface area contributed by atoms with Crippen LogP contribution in [-0.4, -0.2) is 9.78 Å². The molecular formula is C10H15N2. The maximum atomic E-state index is 4.27. The zero-order valence-electron chi connectivity index (χ0n) is 7.58. The highest BCUT2D eigenvalue weighted by Gasteiger charge is 2.28. The van der Waals surface area contributed by atoms with Crippen LogP contribution in [-0.2, 0) is 5.54 Å². The molecule has 0 atom stereocenters. The Morgan fingerprint density at radius 2 is 2.08 bits per heavy atom. The van der Waals surface area contributed by atoms with Crippen LogP contribution in [0.25, 0.3) is 0 Å². The van der Waals surface area contributed by atoms with Gasteiger partial charge in [-0.2, -0.15) is 5.10 Å². The van der Waals surface area contributed by atoms with Gasteiger partial charge >= 0.3 is 0 Å². The molecule has 1 aromatic heterocycles. The SMILES string of the molecule is CC1(n2c[c]cn2)CCCCC1. The number of hydrogen-bond acceptors (Lipinski definition) is 1. The van der Waals surface area contributed by atoms with Crippen LogP contribution >= 0.6 is 0 Å². The molecule has 0 spiro atoms. The van der Waals surface area contributed by atoms with Crippen LogP contribution in [0.4, 0.5) is 0 Å². The Balaban J connectivity index is 2.19. The second-order valence-corrected chi connectivity index (χ2v) is 3.94. The molecule has 1 fully saturated rings. The predicted molar refractivity (Wildman–Crippen MR) is 47.8 cm³/mol. The van der Waals surface area contributed by atoms with Gasteiger partial charge in [-0.1, -0.05) is 19.3 Å². The highest BCUT2D eigenvalue weighted by atomic mass is 15.3. The van der Waals surface area contributed by atoms with Gasteiger partial charge in [0.1, 0.15) is 0 Å². The highest BCUT2D eigenvalue weighted by molar-refractivity contribution is 4.88. The first-order valence-corrected chi connectivity index (χ1v) is 4.72. The molecule has 1 aliphatic rings. The summed E-state index contributed by atoms with van der Waals surface area (Å²) in [6, 6.07) is 3.00. The molecule has 0 amide bonds. The number of aromatic nitrogens is 2. The molecule has 65 valence electrons. The fourth-order valence-corrected chi connectivity index (χ4v) is 2.07. The van der Waals surface area contributed by atoms with E-state index in [4.69, 9.17) is 0 Å². The van der Waals surface area contributed by atoms with E-state index >= 15 is 0 Å². The molecule has 0 aromatic carbocycles. The van der Waals surface area contributed by atoms with Crippen molar-refractivity contribution in [2.45, 2.75) is 44.6 Å². The van der Waals surface area contributed by atoms with Crippen LogP contribution in [0.1, 0.15) is 39.0 Å². The molecule has 1 aromatic rings. The summed E-state index contributed by atoms with van der Waals surface area (Å²) >= 11 is 0. The molecule has 12 heavy (non-hydrogen) atoms. The standard InChI is InChI=1S/C10H15N2/c1-10(6-3-2-4-7-10)12-9-5-8-11-12/h8-9H,2-4,6-7H2,1H3. The fourth-order valence-electron chi connectivity index (χ4n) is 2.07. The number of hydrogen-bond donors (Lipinski definition) is 0. The molecule has 0 saturated heterocycles. The third kappa shape index (κ3) is 1.26. The van der Waals surface area contributed by atoms with Gasteiger partial charge in [0.05, 0.1) is 11.7 Å². The van der Waals surface area contributed by atoms with Gasteiger partial charge in [-0.15, -0.1) is 0 Å². The van der Waals surface area contributed by atoms with Crippen LogP contribution in [0.3, 0.4) is 0 Å². The lowest BCUT2D eigenvalue weighted by molar-refractivity contribution is 0.198. The van der Waals surface area contributed by atoms with Crippen molar-refractivity contribution in [3.8, 4) is 0 Å². The van der Waals surface area contributed by atoms with E-state index in [0.717, 1.165) is 0 Å². The topological polar surface area (TPSA) is 17.8 Å². The lowest BCUT2D eigenvalue weighted by atomic mass is 9.83. The molecule has 1 saturated carbocycles. The first kappa shape index (κ1) is 7.84. The van der Waals surface area contributed by atoms with Gasteiger partial charge in [-0.3, -0.25) is 4.68 Å². The third-order valence-electron chi connectivity index (χ3n) is 2.94. The molecule has 2 rings (SSSR count). The quantitative estimate of drug-likeness (QED) is 0.621. The monoisotopic (exact) mass is 163 g/mol. The summed E-state index contributed by atoms with van der Waals surface area (Å²) < 4.78 is 2.08. The van der Waals surface area contributed by atoms with Gasteiger partial charge in [0.15, 0.2) is 0 Å². The van der Waals surface area contributed by atoms with E-state index in [9.17, 15) is 0 Å². The molecule has 1 heterocycles. The van der Waals surface area contributed by atoms with Gasteiger partial charge in [0.2, 0.25) is 0 Å². The molecular weight excluding hydrogens is 148 g/mol. The zero-order chi connectivity index (χ0) is 8.44. The van der Waals surface area contributed by atoms with Crippen molar-refractivity contribution in [3.63, 3.8) is 0 Å². The van der Waals surface area contributed by atoms with Gasteiger partial charge in [-0.05, 0) is 19.8 Å². The minimum absolute atomic E-state index is 0.276. The Morgan fingerprint density at radius 1 is 1.33 bits per heavy atom. The Labute approximate surface area is 73.6 Å². The van der Waals surface area contributed by atoms with Crippen LogP contribution in [0.15, 0.2) is 12.4 Å². The van der Waals surface area contributed by atoms with Gasteiger partial charge < -0.3 is 0 Å². The van der Waals surface area contributed by atoms with E-state index in [1.165, 1.54) is 32.1 Å². The van der Waals surface area contributed by atoms with Gasteiger partial charge in [0, 0.05) is 12.3 Å². The largest absolute Gasteiger partial charge is 0.266 e. The normalized spacial score (nSPS) is 22.4. The minimum atomic E-state index is 0.276. The lowest BCUT2D eigenvalue weighted by Gasteiger charge is -2.33. The Morgan fingerprint density at radius 3 is 2.67 bits per heavy atom. The van der Waals surface area contributed by atoms with Crippen molar-refractivity contribution >= 4 is 0 Å². The van der Waals surface area contributed by atoms with Crippen LogP contribution < -0.4 is 0 Å². The van der Waals surface area contributed by atoms with E-state index in [1.54, 1.807) is 6.20 Å². The maximum absolute atomic E-state index is 4.27. The average molecular weight is 163 g/mol. The van der Waals surface area contributed by atoms with Crippen molar-refractivity contribution in [1.29, 1.82) is 0 Å². The molecule has 0 aliphatic heterocycles. The van der Waals surface area contributed by atoms with E-state index in [-0.39, 0.29) is 5.54 Å². The third-order valence-corrected chi connectivity index (χ3v) is 2.94. The van der Waals surface area contributed by atoms with Crippen molar-refractivity contribution in [3.05, 3.63) is 18.5 Å². The van der Waals surface area contributed by atoms with E-state index in [0.29, 0.717) is 0 Å². The van der Waals surface area contributed by atoms with Crippen LogP contribution in [0, 0.1) is 6.07 Å². The first-order valence-electron chi connectivity index (χ1n) is 4.72. The van der Waals surface area contributed by atoms with E-state index in [1.807, 2.05) is 6.20 Å². The van der Waals surface area contributed by atoms with E-state index in [2.05, 4.69) is 22.8 Å². The zero-order valence-corrected chi connectivity index (χ0v) is 7.58. The predicted octanol–water partition coefficient (Wildman–Crippen LogP) is 2.36. The summed E-state index contributed by atoms with van der Waals surface area (Å²) in [5.74, 6) is 0. The number of nitrogens with zero attached hydrogens (tertiary/aromatic N) is 2. The number of rotatable bonds is 1. The first-order chi connectivity index (χ1) is 5.81. The molecule has 0 unspecified atom stereocenters. The van der Waals surface area contributed by atoms with Crippen molar-refractivity contribution in [1.82, 2.24) is 9.78 Å². The summed E-state index contributed by atoms with van der Waals surface area (Å²) in [4.78, 5) is 0. The Kier molecular flexibility index (Phi) is 1.91.